The highest BCUT2D eigenvalue weighted by Crippen LogP contribution is 2.43. The van der Waals surface area contributed by atoms with E-state index in [1.165, 1.54) is 11.3 Å². The maximum atomic E-state index is 13.2. The van der Waals surface area contributed by atoms with Crippen LogP contribution in [0.4, 0.5) is 13.2 Å². The van der Waals surface area contributed by atoms with Crippen LogP contribution in [0.2, 0.25) is 0 Å². The first-order chi connectivity index (χ1) is 9.26. The fourth-order valence-electron chi connectivity index (χ4n) is 2.23. The van der Waals surface area contributed by atoms with Crippen LogP contribution in [0.5, 0.6) is 0 Å². The molecule has 2 rings (SSSR count). The van der Waals surface area contributed by atoms with Crippen LogP contribution in [0.1, 0.15) is 29.3 Å². The summed E-state index contributed by atoms with van der Waals surface area (Å²) in [6, 6.07) is -0.527. The van der Waals surface area contributed by atoms with Crippen LogP contribution in [0.15, 0.2) is 6.20 Å². The van der Waals surface area contributed by atoms with E-state index >= 15 is 0 Å². The number of carbonyl (C=O) groups excluding carboxylic acids is 1. The predicted molar refractivity (Wildman–Crippen MR) is 69.4 cm³/mol. The van der Waals surface area contributed by atoms with Gasteiger partial charge < -0.3 is 10.6 Å². The van der Waals surface area contributed by atoms with Crippen molar-refractivity contribution in [3.05, 3.63) is 16.1 Å². The molecule has 1 aromatic rings. The number of aromatic nitrogens is 1. The van der Waals surface area contributed by atoms with Gasteiger partial charge in [-0.25, -0.2) is 4.98 Å². The van der Waals surface area contributed by atoms with E-state index in [1.807, 2.05) is 6.92 Å². The van der Waals surface area contributed by atoms with Crippen molar-refractivity contribution >= 4 is 17.2 Å². The summed E-state index contributed by atoms with van der Waals surface area (Å²) in [6.07, 6.45) is -3.15. The van der Waals surface area contributed by atoms with Crippen molar-refractivity contribution in [2.75, 3.05) is 13.1 Å². The molecule has 1 aliphatic heterocycles. The van der Waals surface area contributed by atoms with Crippen molar-refractivity contribution in [2.24, 2.45) is 5.41 Å². The number of hydrogen-bond donors (Lipinski definition) is 2. The van der Waals surface area contributed by atoms with Gasteiger partial charge in [-0.2, -0.15) is 13.2 Å². The summed E-state index contributed by atoms with van der Waals surface area (Å²) in [4.78, 5) is 17.2. The van der Waals surface area contributed by atoms with E-state index in [2.05, 4.69) is 15.6 Å². The Kier molecular flexibility index (Phi) is 4.06. The Morgan fingerprint density at radius 3 is 2.75 bits per heavy atom. The molecule has 0 saturated carbocycles. The lowest BCUT2D eigenvalue weighted by molar-refractivity contribution is -0.216. The number of aryl methyl sites for hydroxylation is 1. The number of nitrogens with one attached hydrogen (secondary N) is 2. The van der Waals surface area contributed by atoms with Crippen molar-refractivity contribution in [1.29, 1.82) is 0 Å². The molecule has 0 bridgehead atoms. The van der Waals surface area contributed by atoms with E-state index < -0.39 is 23.5 Å². The Labute approximate surface area is 118 Å². The van der Waals surface area contributed by atoms with E-state index in [-0.39, 0.29) is 19.5 Å². The second-order valence-electron chi connectivity index (χ2n) is 5.01. The molecular formula is C12H16F3N3OS. The molecule has 1 saturated heterocycles. The van der Waals surface area contributed by atoms with Gasteiger partial charge in [0.2, 0.25) is 5.91 Å². The fraction of sp³-hybridized carbons (Fsp3) is 0.667. The minimum absolute atomic E-state index is 0.192. The zero-order valence-corrected chi connectivity index (χ0v) is 12.0. The molecule has 112 valence electrons. The number of rotatable bonds is 3. The third-order valence-electron chi connectivity index (χ3n) is 3.49. The Morgan fingerprint density at radius 1 is 1.60 bits per heavy atom. The summed E-state index contributed by atoms with van der Waals surface area (Å²) in [5.74, 6) is -0.977. The molecule has 1 amide bonds. The average molecular weight is 307 g/mol. The average Bonchev–Trinajstić information content (AvgIpc) is 2.96. The van der Waals surface area contributed by atoms with Crippen molar-refractivity contribution in [2.45, 2.75) is 32.5 Å². The molecule has 2 N–H and O–H groups in total. The molecule has 0 radical (unpaired) electrons. The van der Waals surface area contributed by atoms with E-state index in [0.29, 0.717) is 5.01 Å². The first-order valence-electron chi connectivity index (χ1n) is 6.27. The third-order valence-corrected chi connectivity index (χ3v) is 4.59. The minimum Gasteiger partial charge on any atom is -0.346 e. The number of amides is 1. The Morgan fingerprint density at radius 2 is 2.30 bits per heavy atom. The molecule has 1 aromatic heterocycles. The standard InChI is InChI=1S/C12H16F3N3OS/c1-7-5-17-9(20-7)8(2)18-10(19)11(12(13,14)15)3-4-16-6-11/h5,8,16H,3-4,6H2,1-2H3,(H,18,19). The van der Waals surface area contributed by atoms with Crippen LogP contribution in [0, 0.1) is 12.3 Å². The van der Waals surface area contributed by atoms with Gasteiger partial charge in [0, 0.05) is 17.6 Å². The number of carbonyl (C=O) groups is 1. The van der Waals surface area contributed by atoms with Crippen LogP contribution in [0.3, 0.4) is 0 Å². The smallest absolute Gasteiger partial charge is 0.346 e. The molecule has 4 nitrogen and oxygen atoms in total. The summed E-state index contributed by atoms with van der Waals surface area (Å²) in [5, 5.41) is 5.68. The molecule has 8 heteroatoms. The van der Waals surface area contributed by atoms with Gasteiger partial charge in [0.05, 0.1) is 6.04 Å². The molecule has 2 unspecified atom stereocenters. The quantitative estimate of drug-likeness (QED) is 0.900. The van der Waals surface area contributed by atoms with Gasteiger partial charge in [-0.05, 0) is 26.8 Å². The number of thiazole rings is 1. The topological polar surface area (TPSA) is 54.0 Å². The summed E-state index contributed by atoms with van der Waals surface area (Å²) >= 11 is 1.36. The lowest BCUT2D eigenvalue weighted by Gasteiger charge is -2.30. The normalized spacial score (nSPS) is 24.6. The number of hydrogen-bond acceptors (Lipinski definition) is 4. The zero-order valence-electron chi connectivity index (χ0n) is 11.2. The van der Waals surface area contributed by atoms with E-state index in [0.717, 1.165) is 4.88 Å². The Hall–Kier alpha value is -1.15. The van der Waals surface area contributed by atoms with Gasteiger partial charge in [-0.3, -0.25) is 4.79 Å². The van der Waals surface area contributed by atoms with Gasteiger partial charge in [0.1, 0.15) is 5.01 Å². The van der Waals surface area contributed by atoms with Gasteiger partial charge in [-0.15, -0.1) is 11.3 Å². The lowest BCUT2D eigenvalue weighted by Crippen LogP contribution is -2.52. The van der Waals surface area contributed by atoms with Crippen molar-refractivity contribution in [3.8, 4) is 0 Å². The van der Waals surface area contributed by atoms with Crippen LogP contribution >= 0.6 is 11.3 Å². The first-order valence-corrected chi connectivity index (χ1v) is 7.09. The molecule has 1 fully saturated rings. The number of halogens is 3. The molecule has 20 heavy (non-hydrogen) atoms. The number of alkyl halides is 3. The Bertz CT molecular complexity index is 494. The molecule has 0 spiro atoms. The van der Waals surface area contributed by atoms with Crippen molar-refractivity contribution in [1.82, 2.24) is 15.6 Å². The summed E-state index contributed by atoms with van der Waals surface area (Å²) in [5.41, 5.74) is -2.33. The highest BCUT2D eigenvalue weighted by atomic mass is 32.1. The van der Waals surface area contributed by atoms with Crippen LogP contribution in [-0.4, -0.2) is 30.2 Å². The fourth-order valence-corrected chi connectivity index (χ4v) is 3.00. The molecule has 0 aliphatic carbocycles. The zero-order chi connectivity index (χ0) is 15.0. The van der Waals surface area contributed by atoms with Crippen molar-refractivity contribution < 1.29 is 18.0 Å². The second-order valence-corrected chi connectivity index (χ2v) is 6.28. The van der Waals surface area contributed by atoms with Crippen molar-refractivity contribution in [3.63, 3.8) is 0 Å². The van der Waals surface area contributed by atoms with Crippen LogP contribution in [-0.2, 0) is 4.79 Å². The van der Waals surface area contributed by atoms with Gasteiger partial charge in [0.25, 0.3) is 0 Å². The highest BCUT2D eigenvalue weighted by Gasteiger charge is 2.61. The highest BCUT2D eigenvalue weighted by molar-refractivity contribution is 7.11. The summed E-state index contributed by atoms with van der Waals surface area (Å²) < 4.78 is 39.6. The summed E-state index contributed by atoms with van der Waals surface area (Å²) in [7, 11) is 0. The third kappa shape index (κ3) is 2.67. The second kappa shape index (κ2) is 5.33. The summed E-state index contributed by atoms with van der Waals surface area (Å²) in [6.45, 7) is 3.32. The SMILES string of the molecule is Cc1cnc(C(C)NC(=O)C2(C(F)(F)F)CCNC2)s1. The van der Waals surface area contributed by atoms with Gasteiger partial charge >= 0.3 is 6.18 Å². The molecule has 2 heterocycles. The Balaban J connectivity index is 2.14. The maximum absolute atomic E-state index is 13.2. The monoisotopic (exact) mass is 307 g/mol. The van der Waals surface area contributed by atoms with E-state index in [4.69, 9.17) is 0 Å². The van der Waals surface area contributed by atoms with Gasteiger partial charge in [-0.1, -0.05) is 0 Å². The van der Waals surface area contributed by atoms with Crippen LogP contribution in [0.25, 0.3) is 0 Å². The lowest BCUT2D eigenvalue weighted by atomic mass is 9.85. The van der Waals surface area contributed by atoms with Gasteiger partial charge in [0.15, 0.2) is 5.41 Å². The largest absolute Gasteiger partial charge is 0.404 e. The first kappa shape index (κ1) is 15.2. The molecular weight excluding hydrogens is 291 g/mol. The maximum Gasteiger partial charge on any atom is 0.404 e. The number of nitrogens with zero attached hydrogens (tertiary/aromatic N) is 1. The molecule has 1 aliphatic rings. The predicted octanol–water partition coefficient (Wildman–Crippen LogP) is 2.17. The van der Waals surface area contributed by atoms with Crippen LogP contribution < -0.4 is 10.6 Å². The minimum atomic E-state index is -4.56. The molecule has 2 atom stereocenters. The molecule has 0 aromatic carbocycles. The van der Waals surface area contributed by atoms with E-state index in [9.17, 15) is 18.0 Å². The van der Waals surface area contributed by atoms with E-state index in [1.54, 1.807) is 13.1 Å².